The molecule has 0 fully saturated rings. The number of carbonyl (C=O) groups is 2. The lowest BCUT2D eigenvalue weighted by atomic mass is 9.97. The molecule has 1 aliphatic rings. The fourth-order valence-corrected chi connectivity index (χ4v) is 3.47. The van der Waals surface area contributed by atoms with E-state index in [9.17, 15) is 18.4 Å². The first-order valence-corrected chi connectivity index (χ1v) is 10.6. The van der Waals surface area contributed by atoms with Gasteiger partial charge in [0.05, 0.1) is 6.61 Å². The van der Waals surface area contributed by atoms with Crippen molar-refractivity contribution in [3.8, 4) is 22.6 Å². The minimum absolute atomic E-state index is 0.0973. The van der Waals surface area contributed by atoms with Crippen molar-refractivity contribution < 1.29 is 32.6 Å². The van der Waals surface area contributed by atoms with Crippen LogP contribution in [0.1, 0.15) is 22.8 Å². The quantitative estimate of drug-likeness (QED) is 0.497. The average Bonchev–Trinajstić information content (AvgIpc) is 3.13. The molecule has 2 amide bonds. The summed E-state index contributed by atoms with van der Waals surface area (Å²) >= 11 is 0. The number of hydrogen-bond acceptors (Lipinski definition) is 5. The van der Waals surface area contributed by atoms with Crippen molar-refractivity contribution in [1.29, 1.82) is 0 Å². The van der Waals surface area contributed by atoms with Gasteiger partial charge in [0.25, 0.3) is 5.91 Å². The summed E-state index contributed by atoms with van der Waals surface area (Å²) in [4.78, 5) is 24.3. The van der Waals surface area contributed by atoms with E-state index in [-0.39, 0.29) is 18.1 Å². The lowest BCUT2D eigenvalue weighted by Gasteiger charge is -2.12. The molecule has 1 aliphatic heterocycles. The van der Waals surface area contributed by atoms with Gasteiger partial charge in [-0.05, 0) is 41.8 Å². The van der Waals surface area contributed by atoms with Gasteiger partial charge >= 0.3 is 12.4 Å². The predicted molar refractivity (Wildman–Crippen MR) is 121 cm³/mol. The molecule has 0 spiro atoms. The van der Waals surface area contributed by atoms with Gasteiger partial charge in [0.1, 0.15) is 0 Å². The molecule has 0 aliphatic carbocycles. The fraction of sp³-hybridized carbons (Fsp3) is 0.200. The SMILES string of the molecule is CCNC(=O)OCCc1ccc(-c2ccccc2C(=O)Nc2ccc3c(c2)OC(F)(F)O3)cc1. The predicted octanol–water partition coefficient (Wildman–Crippen LogP) is 5.22. The Hall–Kier alpha value is -4.14. The van der Waals surface area contributed by atoms with E-state index in [1.807, 2.05) is 43.3 Å². The van der Waals surface area contributed by atoms with E-state index in [0.29, 0.717) is 29.8 Å². The van der Waals surface area contributed by atoms with Crippen molar-refractivity contribution in [2.24, 2.45) is 0 Å². The van der Waals surface area contributed by atoms with Gasteiger partial charge in [-0.1, -0.05) is 42.5 Å². The van der Waals surface area contributed by atoms with Crippen molar-refractivity contribution in [2.75, 3.05) is 18.5 Å². The van der Waals surface area contributed by atoms with Crippen molar-refractivity contribution in [1.82, 2.24) is 5.32 Å². The number of benzene rings is 3. The molecule has 9 heteroatoms. The second-order valence-electron chi connectivity index (χ2n) is 7.44. The number of nitrogens with one attached hydrogen (secondary N) is 2. The van der Waals surface area contributed by atoms with E-state index in [2.05, 4.69) is 20.1 Å². The molecule has 7 nitrogen and oxygen atoms in total. The van der Waals surface area contributed by atoms with Crippen molar-refractivity contribution in [3.63, 3.8) is 0 Å². The van der Waals surface area contributed by atoms with Crippen LogP contribution in [0.4, 0.5) is 19.3 Å². The van der Waals surface area contributed by atoms with Gasteiger partial charge in [-0.3, -0.25) is 4.79 Å². The molecule has 0 bridgehead atoms. The van der Waals surface area contributed by atoms with Crippen LogP contribution in [0.3, 0.4) is 0 Å². The molecule has 2 N–H and O–H groups in total. The molecule has 0 aromatic heterocycles. The molecule has 0 atom stereocenters. The number of alkyl carbamates (subject to hydrolysis) is 1. The molecule has 176 valence electrons. The maximum atomic E-state index is 13.2. The number of hydrogen-bond donors (Lipinski definition) is 2. The highest BCUT2D eigenvalue weighted by molar-refractivity contribution is 6.08. The first-order valence-electron chi connectivity index (χ1n) is 10.6. The molecule has 4 rings (SSSR count). The second kappa shape index (κ2) is 9.78. The maximum absolute atomic E-state index is 13.2. The van der Waals surface area contributed by atoms with Gasteiger partial charge < -0.3 is 24.8 Å². The fourth-order valence-electron chi connectivity index (χ4n) is 3.47. The molecule has 3 aromatic rings. The van der Waals surface area contributed by atoms with Gasteiger partial charge in [0, 0.05) is 30.3 Å². The maximum Gasteiger partial charge on any atom is 0.586 e. The van der Waals surface area contributed by atoms with Gasteiger partial charge in [0.2, 0.25) is 0 Å². The number of carbonyl (C=O) groups excluding carboxylic acids is 2. The summed E-state index contributed by atoms with van der Waals surface area (Å²) in [5, 5.41) is 5.28. The topological polar surface area (TPSA) is 85.9 Å². The number of anilines is 1. The van der Waals surface area contributed by atoms with Gasteiger partial charge in [-0.25, -0.2) is 4.79 Å². The van der Waals surface area contributed by atoms with Gasteiger partial charge in [-0.2, -0.15) is 0 Å². The van der Waals surface area contributed by atoms with Crippen LogP contribution >= 0.6 is 0 Å². The zero-order valence-electron chi connectivity index (χ0n) is 18.3. The summed E-state index contributed by atoms with van der Waals surface area (Å²) in [6.45, 7) is 2.57. The number of rotatable bonds is 7. The molecule has 0 unspecified atom stereocenters. The van der Waals surface area contributed by atoms with E-state index in [0.717, 1.165) is 11.1 Å². The van der Waals surface area contributed by atoms with E-state index in [1.54, 1.807) is 12.1 Å². The number of fused-ring (bicyclic) bond motifs is 1. The Bertz CT molecular complexity index is 1200. The molecule has 0 saturated carbocycles. The third-order valence-corrected chi connectivity index (χ3v) is 5.04. The van der Waals surface area contributed by atoms with Gasteiger partial charge in [0.15, 0.2) is 11.5 Å². The molecule has 0 radical (unpaired) electrons. The molecule has 0 saturated heterocycles. The lowest BCUT2D eigenvalue weighted by molar-refractivity contribution is -0.286. The molecule has 3 aromatic carbocycles. The lowest BCUT2D eigenvalue weighted by Crippen LogP contribution is -2.25. The van der Waals surface area contributed by atoms with Crippen LogP contribution in [0.5, 0.6) is 11.5 Å². The number of alkyl halides is 2. The van der Waals surface area contributed by atoms with Crippen molar-refractivity contribution >= 4 is 17.7 Å². The molecule has 34 heavy (non-hydrogen) atoms. The Morgan fingerprint density at radius 1 is 0.971 bits per heavy atom. The van der Waals surface area contributed by atoms with Crippen LogP contribution in [-0.2, 0) is 11.2 Å². The minimum atomic E-state index is -3.72. The summed E-state index contributed by atoms with van der Waals surface area (Å²) in [7, 11) is 0. The van der Waals surface area contributed by atoms with Gasteiger partial charge in [-0.15, -0.1) is 8.78 Å². The molecule has 1 heterocycles. The van der Waals surface area contributed by atoms with E-state index in [1.165, 1.54) is 18.2 Å². The van der Waals surface area contributed by atoms with Crippen LogP contribution in [0, 0.1) is 0 Å². The van der Waals surface area contributed by atoms with Crippen LogP contribution in [0.2, 0.25) is 0 Å². The molecular weight excluding hydrogens is 446 g/mol. The molecular formula is C25H22F2N2O5. The highest BCUT2D eigenvalue weighted by Crippen LogP contribution is 2.42. The first-order chi connectivity index (χ1) is 16.3. The Morgan fingerprint density at radius 3 is 2.47 bits per heavy atom. The van der Waals surface area contributed by atoms with Crippen molar-refractivity contribution in [2.45, 2.75) is 19.6 Å². The highest BCUT2D eigenvalue weighted by atomic mass is 19.3. The summed E-state index contributed by atoms with van der Waals surface area (Å²) in [6, 6.07) is 18.7. The number of ether oxygens (including phenoxy) is 3. The first kappa shape index (κ1) is 23.0. The summed E-state index contributed by atoms with van der Waals surface area (Å²) in [5.74, 6) is -0.650. The summed E-state index contributed by atoms with van der Waals surface area (Å²) in [6.07, 6.45) is -3.62. The second-order valence-corrected chi connectivity index (χ2v) is 7.44. The van der Waals surface area contributed by atoms with E-state index >= 15 is 0 Å². The Morgan fingerprint density at radius 2 is 1.71 bits per heavy atom. The van der Waals surface area contributed by atoms with Crippen LogP contribution in [0.25, 0.3) is 11.1 Å². The van der Waals surface area contributed by atoms with Crippen LogP contribution in [0.15, 0.2) is 66.7 Å². The average molecular weight is 468 g/mol. The third kappa shape index (κ3) is 5.43. The standard InChI is InChI=1S/C25H22F2N2O5/c1-2-28-24(31)32-14-13-16-7-9-17(10-8-16)19-5-3-4-6-20(19)23(30)29-18-11-12-21-22(15-18)34-25(26,27)33-21/h3-12,15H,2,13-14H2,1H3,(H,28,31)(H,29,30). The number of halogens is 2. The van der Waals surface area contributed by atoms with Crippen LogP contribution in [-0.4, -0.2) is 31.4 Å². The minimum Gasteiger partial charge on any atom is -0.449 e. The normalized spacial score (nSPS) is 13.3. The zero-order valence-corrected chi connectivity index (χ0v) is 18.3. The Kier molecular flexibility index (Phi) is 6.62. The Balaban J connectivity index is 1.45. The summed E-state index contributed by atoms with van der Waals surface area (Å²) in [5.41, 5.74) is 3.22. The third-order valence-electron chi connectivity index (χ3n) is 5.04. The largest absolute Gasteiger partial charge is 0.586 e. The zero-order chi connectivity index (χ0) is 24.1. The van der Waals surface area contributed by atoms with Crippen molar-refractivity contribution in [3.05, 3.63) is 77.9 Å². The summed E-state index contributed by atoms with van der Waals surface area (Å²) < 4.78 is 40.4. The number of amides is 2. The van der Waals surface area contributed by atoms with E-state index in [4.69, 9.17) is 4.74 Å². The van der Waals surface area contributed by atoms with E-state index < -0.39 is 18.3 Å². The highest BCUT2D eigenvalue weighted by Gasteiger charge is 2.43. The smallest absolute Gasteiger partial charge is 0.449 e. The monoisotopic (exact) mass is 468 g/mol. The Labute approximate surface area is 194 Å². The van der Waals surface area contributed by atoms with Crippen LogP contribution < -0.4 is 20.1 Å².